The Labute approximate surface area is 94.9 Å². The Bertz CT molecular complexity index is 409. The van der Waals surface area contributed by atoms with Crippen LogP contribution in [0.2, 0.25) is 0 Å². The van der Waals surface area contributed by atoms with Crippen molar-refractivity contribution in [1.82, 2.24) is 4.90 Å². The summed E-state index contributed by atoms with van der Waals surface area (Å²) in [7, 11) is 1.92. The number of likely N-dealkylation sites (N-methyl/N-ethyl adjacent to an activating group) is 1. The molecule has 1 heterocycles. The first-order valence-electron chi connectivity index (χ1n) is 4.86. The minimum absolute atomic E-state index is 0.0993. The summed E-state index contributed by atoms with van der Waals surface area (Å²) in [4.78, 5) is 6.30. The second-order valence-corrected chi connectivity index (χ2v) is 4.06. The maximum atomic E-state index is 6.24. The topological polar surface area (TPSA) is 15.6 Å². The molecule has 78 valence electrons. The Morgan fingerprint density at radius 1 is 1.27 bits per heavy atom. The summed E-state index contributed by atoms with van der Waals surface area (Å²) in [5, 5.41) is 0. The monoisotopic (exact) mass is 220 g/mol. The summed E-state index contributed by atoms with van der Waals surface area (Å²) in [6.07, 6.45) is 1.77. The Morgan fingerprint density at radius 2 is 1.93 bits per heavy atom. The highest BCUT2D eigenvalue weighted by Gasteiger charge is 2.19. The van der Waals surface area contributed by atoms with Gasteiger partial charge in [0.05, 0.1) is 12.0 Å². The average Bonchev–Trinajstić information content (AvgIpc) is 2.27. The number of aliphatic imine (C=N–C) groups is 1. The van der Waals surface area contributed by atoms with E-state index in [-0.39, 0.29) is 5.50 Å². The number of benzene rings is 1. The standard InChI is InChI=1S/C12H13ClN2/c1-9-11(10-6-4-3-5-7-10)14-8-15(2)12(9)13/h3-8,12H,1-2H3. The number of alkyl halides is 1. The van der Waals surface area contributed by atoms with Gasteiger partial charge in [0.15, 0.2) is 0 Å². The zero-order valence-corrected chi connectivity index (χ0v) is 9.57. The first kappa shape index (κ1) is 10.2. The molecule has 3 heteroatoms. The third-order valence-corrected chi connectivity index (χ3v) is 3.14. The first-order chi connectivity index (χ1) is 7.20. The highest BCUT2D eigenvalue weighted by molar-refractivity contribution is 6.23. The quantitative estimate of drug-likeness (QED) is 0.525. The lowest BCUT2D eigenvalue weighted by molar-refractivity contribution is 0.516. The third kappa shape index (κ3) is 1.90. The molecule has 1 aromatic rings. The van der Waals surface area contributed by atoms with Gasteiger partial charge in [0.1, 0.15) is 5.50 Å². The van der Waals surface area contributed by atoms with Gasteiger partial charge in [-0.2, -0.15) is 0 Å². The van der Waals surface area contributed by atoms with Crippen molar-refractivity contribution in [3.05, 3.63) is 41.5 Å². The van der Waals surface area contributed by atoms with Gasteiger partial charge in [-0.25, -0.2) is 4.99 Å². The molecular weight excluding hydrogens is 208 g/mol. The van der Waals surface area contributed by atoms with Crippen LogP contribution >= 0.6 is 11.6 Å². The molecular formula is C12H13ClN2. The highest BCUT2D eigenvalue weighted by atomic mass is 35.5. The number of halogens is 1. The second-order valence-electron chi connectivity index (χ2n) is 3.64. The van der Waals surface area contributed by atoms with Gasteiger partial charge >= 0.3 is 0 Å². The van der Waals surface area contributed by atoms with Crippen molar-refractivity contribution in [2.45, 2.75) is 12.4 Å². The summed E-state index contributed by atoms with van der Waals surface area (Å²) < 4.78 is 0. The van der Waals surface area contributed by atoms with Gasteiger partial charge in [0.2, 0.25) is 0 Å². The number of nitrogens with zero attached hydrogens (tertiary/aromatic N) is 2. The van der Waals surface area contributed by atoms with Crippen molar-refractivity contribution in [3.63, 3.8) is 0 Å². The Hall–Kier alpha value is -1.28. The predicted octanol–water partition coefficient (Wildman–Crippen LogP) is 2.96. The minimum Gasteiger partial charge on any atom is -0.346 e. The largest absolute Gasteiger partial charge is 0.346 e. The zero-order chi connectivity index (χ0) is 10.8. The molecule has 0 saturated heterocycles. The summed E-state index contributed by atoms with van der Waals surface area (Å²) in [5.41, 5.74) is 3.09. The molecule has 0 fully saturated rings. The summed E-state index contributed by atoms with van der Waals surface area (Å²) in [6, 6.07) is 10.1. The molecule has 15 heavy (non-hydrogen) atoms. The number of hydrogen-bond donors (Lipinski definition) is 0. The molecule has 2 nitrogen and oxygen atoms in total. The van der Waals surface area contributed by atoms with E-state index in [1.807, 2.05) is 49.2 Å². The van der Waals surface area contributed by atoms with E-state index in [1.165, 1.54) is 0 Å². The maximum Gasteiger partial charge on any atom is 0.128 e. The van der Waals surface area contributed by atoms with E-state index in [4.69, 9.17) is 11.6 Å². The lowest BCUT2D eigenvalue weighted by Crippen LogP contribution is -2.29. The van der Waals surface area contributed by atoms with Gasteiger partial charge in [-0.3, -0.25) is 0 Å². The van der Waals surface area contributed by atoms with Gasteiger partial charge < -0.3 is 4.90 Å². The van der Waals surface area contributed by atoms with E-state index in [0.29, 0.717) is 0 Å². The van der Waals surface area contributed by atoms with Crippen LogP contribution in [0.25, 0.3) is 5.70 Å². The van der Waals surface area contributed by atoms with Crippen molar-refractivity contribution in [2.24, 2.45) is 4.99 Å². The van der Waals surface area contributed by atoms with E-state index in [0.717, 1.165) is 16.8 Å². The zero-order valence-electron chi connectivity index (χ0n) is 8.81. The van der Waals surface area contributed by atoms with Crippen LogP contribution < -0.4 is 0 Å². The van der Waals surface area contributed by atoms with Crippen molar-refractivity contribution in [2.75, 3.05) is 7.05 Å². The SMILES string of the molecule is CC1=C(c2ccccc2)N=CN(C)C1Cl. The molecule has 1 aromatic carbocycles. The minimum atomic E-state index is -0.0993. The van der Waals surface area contributed by atoms with Crippen LogP contribution in [0.15, 0.2) is 40.9 Å². The van der Waals surface area contributed by atoms with E-state index in [1.54, 1.807) is 6.34 Å². The molecule has 0 N–H and O–H groups in total. The molecule has 1 unspecified atom stereocenters. The predicted molar refractivity (Wildman–Crippen MR) is 64.9 cm³/mol. The molecule has 1 aliphatic heterocycles. The highest BCUT2D eigenvalue weighted by Crippen LogP contribution is 2.28. The van der Waals surface area contributed by atoms with Crippen molar-refractivity contribution >= 4 is 23.6 Å². The Kier molecular flexibility index (Phi) is 2.78. The van der Waals surface area contributed by atoms with Crippen LogP contribution in [0, 0.1) is 0 Å². The molecule has 1 aliphatic rings. The average molecular weight is 221 g/mol. The number of rotatable bonds is 1. The lowest BCUT2D eigenvalue weighted by Gasteiger charge is -2.26. The van der Waals surface area contributed by atoms with Gasteiger partial charge in [0.25, 0.3) is 0 Å². The molecule has 2 rings (SSSR count). The van der Waals surface area contributed by atoms with Crippen molar-refractivity contribution in [3.8, 4) is 0 Å². The second kappa shape index (κ2) is 4.07. The third-order valence-electron chi connectivity index (χ3n) is 2.50. The first-order valence-corrected chi connectivity index (χ1v) is 5.30. The van der Waals surface area contributed by atoms with Crippen LogP contribution in [0.1, 0.15) is 12.5 Å². The van der Waals surface area contributed by atoms with E-state index in [9.17, 15) is 0 Å². The molecule has 0 aromatic heterocycles. The van der Waals surface area contributed by atoms with E-state index >= 15 is 0 Å². The Balaban J connectivity index is 2.43. The fourth-order valence-electron chi connectivity index (χ4n) is 1.63. The fourth-order valence-corrected chi connectivity index (χ4v) is 1.78. The van der Waals surface area contributed by atoms with Crippen LogP contribution in [-0.4, -0.2) is 23.8 Å². The normalized spacial score (nSPS) is 21.0. The van der Waals surface area contributed by atoms with Crippen LogP contribution in [-0.2, 0) is 0 Å². The van der Waals surface area contributed by atoms with Gasteiger partial charge in [0, 0.05) is 12.6 Å². The van der Waals surface area contributed by atoms with Gasteiger partial charge in [-0.15, -0.1) is 0 Å². The Morgan fingerprint density at radius 3 is 2.60 bits per heavy atom. The summed E-state index contributed by atoms with van der Waals surface area (Å²) >= 11 is 6.24. The van der Waals surface area contributed by atoms with E-state index in [2.05, 4.69) is 4.99 Å². The van der Waals surface area contributed by atoms with Gasteiger partial charge in [-0.1, -0.05) is 41.9 Å². The fraction of sp³-hybridized carbons (Fsp3) is 0.250. The van der Waals surface area contributed by atoms with Crippen LogP contribution in [0.5, 0.6) is 0 Å². The van der Waals surface area contributed by atoms with Crippen LogP contribution in [0.4, 0.5) is 0 Å². The van der Waals surface area contributed by atoms with Crippen molar-refractivity contribution < 1.29 is 0 Å². The molecule has 0 amide bonds. The number of hydrogen-bond acceptors (Lipinski definition) is 2. The van der Waals surface area contributed by atoms with E-state index < -0.39 is 0 Å². The molecule has 0 bridgehead atoms. The van der Waals surface area contributed by atoms with Gasteiger partial charge in [-0.05, 0) is 12.5 Å². The van der Waals surface area contributed by atoms with Crippen LogP contribution in [0.3, 0.4) is 0 Å². The molecule has 0 aliphatic carbocycles. The lowest BCUT2D eigenvalue weighted by atomic mass is 10.1. The molecule has 1 atom stereocenters. The smallest absolute Gasteiger partial charge is 0.128 e. The maximum absolute atomic E-state index is 6.24. The summed E-state index contributed by atoms with van der Waals surface area (Å²) in [6.45, 7) is 2.02. The molecule has 0 saturated carbocycles. The van der Waals surface area contributed by atoms with Crippen molar-refractivity contribution in [1.29, 1.82) is 0 Å². The molecule has 0 spiro atoms. The molecule has 0 radical (unpaired) electrons. The summed E-state index contributed by atoms with van der Waals surface area (Å²) in [5.74, 6) is 0.